The van der Waals surface area contributed by atoms with Gasteiger partial charge in [0.15, 0.2) is 0 Å². The molecule has 0 radical (unpaired) electrons. The molecule has 130 valence electrons. The van der Waals surface area contributed by atoms with Crippen LogP contribution >= 0.6 is 15.5 Å². The second kappa shape index (κ2) is 8.41. The molecule has 24 heavy (non-hydrogen) atoms. The lowest BCUT2D eigenvalue weighted by Gasteiger charge is -2.41. The molecule has 0 aliphatic carbocycles. The van der Waals surface area contributed by atoms with Gasteiger partial charge in [-0.15, -0.1) is 0 Å². The highest BCUT2D eigenvalue weighted by molar-refractivity contribution is 7.74. The Bertz CT molecular complexity index is 624. The summed E-state index contributed by atoms with van der Waals surface area (Å²) in [7, 11) is -4.70. The normalized spacial score (nSPS) is 12.5. The van der Waals surface area contributed by atoms with Crippen molar-refractivity contribution in [2.24, 2.45) is 0 Å². The highest BCUT2D eigenvalue weighted by Crippen LogP contribution is 2.56. The SMILES string of the molecule is CCC(CC)(CCP(=O)(O)O)P(c1ccccc1)c1ccccc1. The summed E-state index contributed by atoms with van der Waals surface area (Å²) in [5.74, 6) is 0. The highest BCUT2D eigenvalue weighted by Gasteiger charge is 2.38. The van der Waals surface area contributed by atoms with Crippen LogP contribution in [-0.4, -0.2) is 21.1 Å². The van der Waals surface area contributed by atoms with Crippen LogP contribution in [0.3, 0.4) is 0 Å². The Morgan fingerprint density at radius 1 is 0.875 bits per heavy atom. The zero-order valence-corrected chi connectivity index (χ0v) is 16.1. The molecule has 2 aromatic carbocycles. The lowest BCUT2D eigenvalue weighted by atomic mass is 9.99. The van der Waals surface area contributed by atoms with Gasteiger partial charge in [-0.25, -0.2) is 0 Å². The molecular formula is C19H26O3P2. The third-order valence-electron chi connectivity index (χ3n) is 4.69. The minimum Gasteiger partial charge on any atom is -0.324 e. The van der Waals surface area contributed by atoms with E-state index in [0.717, 1.165) is 12.8 Å². The van der Waals surface area contributed by atoms with E-state index in [1.54, 1.807) is 0 Å². The Labute approximate surface area is 146 Å². The van der Waals surface area contributed by atoms with E-state index in [1.807, 2.05) is 36.4 Å². The van der Waals surface area contributed by atoms with Gasteiger partial charge in [0.2, 0.25) is 0 Å². The molecule has 2 rings (SSSR count). The highest BCUT2D eigenvalue weighted by atomic mass is 31.2. The minimum atomic E-state index is -4.00. The van der Waals surface area contributed by atoms with Crippen LogP contribution < -0.4 is 10.6 Å². The molecule has 0 aliphatic heterocycles. The second-order valence-corrected chi connectivity index (χ2v) is 10.5. The fraction of sp³-hybridized carbons (Fsp3) is 0.368. The van der Waals surface area contributed by atoms with Gasteiger partial charge in [-0.1, -0.05) is 74.5 Å². The fourth-order valence-corrected chi connectivity index (χ4v) is 7.43. The maximum atomic E-state index is 11.5. The molecule has 2 N–H and O–H groups in total. The van der Waals surface area contributed by atoms with Crippen molar-refractivity contribution in [2.75, 3.05) is 6.16 Å². The van der Waals surface area contributed by atoms with E-state index in [0.29, 0.717) is 6.42 Å². The van der Waals surface area contributed by atoms with E-state index in [-0.39, 0.29) is 11.3 Å². The summed E-state index contributed by atoms with van der Waals surface area (Å²) >= 11 is 0. The predicted octanol–water partition coefficient (Wildman–Crippen LogP) is 4.25. The average Bonchev–Trinajstić information content (AvgIpc) is 2.59. The standard InChI is InChI=1S/C19H26O3P2/c1-3-19(4-2,15-16-24(20,21)22)23(17-11-7-5-8-12-17)18-13-9-6-10-14-18/h5-14H,3-4,15-16H2,1-2H3,(H2,20,21,22). The summed E-state index contributed by atoms with van der Waals surface area (Å²) in [5, 5.41) is 2.43. The van der Waals surface area contributed by atoms with Crippen molar-refractivity contribution in [1.29, 1.82) is 0 Å². The molecule has 0 fully saturated rings. The average molecular weight is 364 g/mol. The van der Waals surface area contributed by atoms with E-state index >= 15 is 0 Å². The van der Waals surface area contributed by atoms with Gasteiger partial charge in [0.1, 0.15) is 0 Å². The molecule has 0 unspecified atom stereocenters. The quantitative estimate of drug-likeness (QED) is 0.689. The van der Waals surface area contributed by atoms with Gasteiger partial charge in [-0.2, -0.15) is 0 Å². The molecule has 0 amide bonds. The van der Waals surface area contributed by atoms with Crippen molar-refractivity contribution in [2.45, 2.75) is 38.3 Å². The number of rotatable bonds is 8. The van der Waals surface area contributed by atoms with Gasteiger partial charge in [-0.3, -0.25) is 4.57 Å². The van der Waals surface area contributed by atoms with E-state index in [4.69, 9.17) is 0 Å². The molecule has 0 saturated heterocycles. The molecule has 0 heterocycles. The molecule has 2 aromatic rings. The third kappa shape index (κ3) is 4.77. The van der Waals surface area contributed by atoms with Crippen molar-refractivity contribution in [1.82, 2.24) is 0 Å². The first-order valence-corrected chi connectivity index (χ1v) is 11.5. The molecule has 0 aliphatic rings. The Morgan fingerprint density at radius 3 is 1.62 bits per heavy atom. The van der Waals surface area contributed by atoms with Gasteiger partial charge < -0.3 is 9.79 Å². The topological polar surface area (TPSA) is 57.5 Å². The van der Waals surface area contributed by atoms with E-state index < -0.39 is 15.5 Å². The number of hydrogen-bond acceptors (Lipinski definition) is 1. The first kappa shape index (κ1) is 19.3. The van der Waals surface area contributed by atoms with Crippen LogP contribution in [0.25, 0.3) is 0 Å². The van der Waals surface area contributed by atoms with Crippen LogP contribution in [-0.2, 0) is 4.57 Å². The van der Waals surface area contributed by atoms with Gasteiger partial charge in [-0.05, 0) is 42.9 Å². The molecule has 0 saturated carbocycles. The van der Waals surface area contributed by atoms with Crippen LogP contribution in [0.1, 0.15) is 33.1 Å². The maximum Gasteiger partial charge on any atom is 0.325 e. The Hall–Kier alpha value is -0.980. The number of benzene rings is 2. The van der Waals surface area contributed by atoms with Crippen molar-refractivity contribution in [3.8, 4) is 0 Å². The fourth-order valence-electron chi connectivity index (χ4n) is 3.24. The van der Waals surface area contributed by atoms with Gasteiger partial charge in [0.25, 0.3) is 0 Å². The summed E-state index contributed by atoms with van der Waals surface area (Å²) < 4.78 is 11.5. The summed E-state index contributed by atoms with van der Waals surface area (Å²) in [6.45, 7) is 4.29. The third-order valence-corrected chi connectivity index (χ3v) is 8.93. The van der Waals surface area contributed by atoms with Crippen molar-refractivity contribution in [3.63, 3.8) is 0 Å². The van der Waals surface area contributed by atoms with Crippen LogP contribution in [0.2, 0.25) is 0 Å². The molecule has 0 bridgehead atoms. The molecule has 3 nitrogen and oxygen atoms in total. The van der Waals surface area contributed by atoms with Gasteiger partial charge in [0, 0.05) is 0 Å². The molecule has 0 aromatic heterocycles. The molecule has 0 atom stereocenters. The predicted molar refractivity (Wildman–Crippen MR) is 104 cm³/mol. The van der Waals surface area contributed by atoms with Crippen molar-refractivity contribution >= 4 is 26.1 Å². The van der Waals surface area contributed by atoms with E-state index in [2.05, 4.69) is 38.1 Å². The Morgan fingerprint density at radius 2 is 1.29 bits per heavy atom. The zero-order chi connectivity index (χ0) is 17.6. The minimum absolute atomic E-state index is 0.0484. The molecular weight excluding hydrogens is 338 g/mol. The van der Waals surface area contributed by atoms with Gasteiger partial charge in [0.05, 0.1) is 6.16 Å². The van der Waals surface area contributed by atoms with Crippen LogP contribution in [0.4, 0.5) is 0 Å². The Balaban J connectivity index is 2.51. The van der Waals surface area contributed by atoms with Crippen LogP contribution in [0, 0.1) is 0 Å². The Kier molecular flexibility index (Phi) is 6.78. The van der Waals surface area contributed by atoms with Crippen LogP contribution in [0.5, 0.6) is 0 Å². The summed E-state index contributed by atoms with van der Waals surface area (Å²) in [6.07, 6.45) is 2.30. The second-order valence-electron chi connectivity index (χ2n) is 6.08. The zero-order valence-electron chi connectivity index (χ0n) is 14.3. The van der Waals surface area contributed by atoms with E-state index in [9.17, 15) is 14.4 Å². The van der Waals surface area contributed by atoms with Gasteiger partial charge >= 0.3 is 7.60 Å². The largest absolute Gasteiger partial charge is 0.325 e. The summed E-state index contributed by atoms with van der Waals surface area (Å²) in [5.41, 5.74) is 0. The lowest BCUT2D eigenvalue weighted by Crippen LogP contribution is -2.35. The summed E-state index contributed by atoms with van der Waals surface area (Å²) in [6, 6.07) is 20.8. The van der Waals surface area contributed by atoms with Crippen molar-refractivity contribution < 1.29 is 14.4 Å². The van der Waals surface area contributed by atoms with E-state index in [1.165, 1.54) is 10.6 Å². The monoisotopic (exact) mass is 364 g/mol. The molecule has 0 spiro atoms. The summed E-state index contributed by atoms with van der Waals surface area (Å²) in [4.78, 5) is 18.8. The first-order valence-electron chi connectivity index (χ1n) is 8.37. The van der Waals surface area contributed by atoms with Crippen molar-refractivity contribution in [3.05, 3.63) is 60.7 Å². The smallest absolute Gasteiger partial charge is 0.324 e. The lowest BCUT2D eigenvalue weighted by molar-refractivity contribution is 0.366. The first-order chi connectivity index (χ1) is 11.4. The maximum absolute atomic E-state index is 11.5. The van der Waals surface area contributed by atoms with Crippen LogP contribution in [0.15, 0.2) is 60.7 Å². The molecule has 5 heteroatoms. The number of hydrogen-bond donors (Lipinski definition) is 2.